The van der Waals surface area contributed by atoms with Crippen molar-refractivity contribution in [1.29, 1.82) is 0 Å². The topological polar surface area (TPSA) is 98.7 Å². The van der Waals surface area contributed by atoms with Crippen LogP contribution in [-0.4, -0.2) is 65.4 Å². The van der Waals surface area contributed by atoms with E-state index in [9.17, 15) is 5.11 Å². The number of hydrogen-bond donors (Lipinski definition) is 2. The average Bonchev–Trinajstić information content (AvgIpc) is 3.21. The molecule has 0 bridgehead atoms. The van der Waals surface area contributed by atoms with Crippen molar-refractivity contribution in [3.8, 4) is 17.0 Å². The molecule has 8 heteroatoms. The minimum atomic E-state index is -0.688. The molecule has 1 aliphatic heterocycles. The number of aliphatic hydroxyl groups is 1. The van der Waals surface area contributed by atoms with Gasteiger partial charge in [-0.2, -0.15) is 5.10 Å². The van der Waals surface area contributed by atoms with E-state index in [0.717, 1.165) is 46.6 Å². The monoisotopic (exact) mass is 425 g/mol. The number of morpholine rings is 1. The summed E-state index contributed by atoms with van der Waals surface area (Å²) in [6, 6.07) is 8.34. The second-order valence-corrected chi connectivity index (χ2v) is 8.28. The maximum Gasteiger partial charge on any atom is 0.160 e. The Morgan fingerprint density at radius 3 is 2.68 bits per heavy atom. The lowest BCUT2D eigenvalue weighted by Gasteiger charge is -2.29. The number of ether oxygens (including phenoxy) is 2. The lowest BCUT2D eigenvalue weighted by atomic mass is 10.1. The Balaban J connectivity index is 1.79. The van der Waals surface area contributed by atoms with E-state index in [2.05, 4.69) is 36.0 Å². The van der Waals surface area contributed by atoms with Gasteiger partial charge in [0.2, 0.25) is 0 Å². The van der Waals surface area contributed by atoms with Gasteiger partial charge in [-0.15, -0.1) is 0 Å². The molecule has 8 nitrogen and oxygen atoms in total. The van der Waals surface area contributed by atoms with Crippen LogP contribution in [0.4, 0.5) is 5.69 Å². The van der Waals surface area contributed by atoms with Crippen molar-refractivity contribution in [2.45, 2.75) is 32.9 Å². The van der Waals surface area contributed by atoms with Crippen LogP contribution in [0.2, 0.25) is 0 Å². The molecule has 3 aromatic rings. The van der Waals surface area contributed by atoms with Gasteiger partial charge >= 0.3 is 0 Å². The summed E-state index contributed by atoms with van der Waals surface area (Å²) < 4.78 is 13.3. The molecule has 1 fully saturated rings. The van der Waals surface area contributed by atoms with Crippen LogP contribution in [0.15, 0.2) is 30.5 Å². The second-order valence-electron chi connectivity index (χ2n) is 8.28. The highest BCUT2D eigenvalue weighted by Crippen LogP contribution is 2.34. The largest absolute Gasteiger partial charge is 0.491 e. The second kappa shape index (κ2) is 9.21. The van der Waals surface area contributed by atoms with Crippen molar-refractivity contribution in [3.63, 3.8) is 0 Å². The van der Waals surface area contributed by atoms with Crippen molar-refractivity contribution in [3.05, 3.63) is 36.0 Å². The molecule has 0 saturated carbocycles. The number of fused-ring (bicyclic) bond motifs is 1. The first-order valence-corrected chi connectivity index (χ1v) is 10.8. The van der Waals surface area contributed by atoms with Gasteiger partial charge in [0.1, 0.15) is 18.5 Å². The first-order valence-electron chi connectivity index (χ1n) is 10.8. The van der Waals surface area contributed by atoms with E-state index >= 15 is 0 Å². The molecule has 0 amide bonds. The molecule has 0 aliphatic carbocycles. The number of pyridine rings is 1. The summed E-state index contributed by atoms with van der Waals surface area (Å²) in [5, 5.41) is 15.4. The van der Waals surface area contributed by atoms with Gasteiger partial charge in [-0.1, -0.05) is 0 Å². The highest BCUT2D eigenvalue weighted by atomic mass is 16.5. The third kappa shape index (κ3) is 4.66. The molecular weight excluding hydrogens is 394 g/mol. The third-order valence-electron chi connectivity index (χ3n) is 5.45. The van der Waals surface area contributed by atoms with Gasteiger partial charge in [0, 0.05) is 31.2 Å². The number of aliphatic hydroxyl groups excluding tert-OH is 1. The lowest BCUT2D eigenvalue weighted by molar-refractivity contribution is 0.114. The van der Waals surface area contributed by atoms with Crippen LogP contribution in [0.5, 0.6) is 5.75 Å². The molecule has 166 valence electrons. The molecule has 1 unspecified atom stereocenters. The maximum absolute atomic E-state index is 9.74. The summed E-state index contributed by atoms with van der Waals surface area (Å²) in [7, 11) is 0. The molecule has 31 heavy (non-hydrogen) atoms. The molecule has 1 saturated heterocycles. The van der Waals surface area contributed by atoms with E-state index in [4.69, 9.17) is 20.2 Å². The summed E-state index contributed by atoms with van der Waals surface area (Å²) in [6.07, 6.45) is 1.22. The maximum atomic E-state index is 9.74. The predicted octanol–water partition coefficient (Wildman–Crippen LogP) is 2.52. The number of nitrogens with two attached hydrogens (primary N) is 1. The van der Waals surface area contributed by atoms with Crippen LogP contribution in [0.1, 0.15) is 25.5 Å². The van der Waals surface area contributed by atoms with Crippen molar-refractivity contribution in [1.82, 2.24) is 14.8 Å². The van der Waals surface area contributed by atoms with E-state index in [1.54, 1.807) is 0 Å². The first-order chi connectivity index (χ1) is 15.0. The molecular formula is C23H31N5O3. The van der Waals surface area contributed by atoms with Gasteiger partial charge in [0.05, 0.1) is 36.2 Å². The molecule has 1 aliphatic rings. The van der Waals surface area contributed by atoms with Crippen molar-refractivity contribution >= 4 is 16.7 Å². The Morgan fingerprint density at radius 2 is 1.97 bits per heavy atom. The smallest absolute Gasteiger partial charge is 0.160 e. The zero-order valence-electron chi connectivity index (χ0n) is 18.4. The van der Waals surface area contributed by atoms with Gasteiger partial charge < -0.3 is 25.2 Å². The van der Waals surface area contributed by atoms with Crippen molar-refractivity contribution in [2.75, 3.05) is 44.4 Å². The van der Waals surface area contributed by atoms with E-state index in [0.29, 0.717) is 19.0 Å². The van der Waals surface area contributed by atoms with Gasteiger partial charge in [-0.25, -0.2) is 9.67 Å². The molecule has 0 radical (unpaired) electrons. The average molecular weight is 426 g/mol. The Bertz CT molecular complexity index is 1040. The van der Waals surface area contributed by atoms with Crippen molar-refractivity contribution in [2.24, 2.45) is 5.73 Å². The number of aromatic nitrogens is 3. The number of rotatable bonds is 7. The molecule has 1 atom stereocenters. The number of hydrogen-bond acceptors (Lipinski definition) is 7. The molecule has 0 spiro atoms. The summed E-state index contributed by atoms with van der Waals surface area (Å²) in [6.45, 7) is 9.66. The highest BCUT2D eigenvalue weighted by molar-refractivity contribution is 5.92. The quantitative estimate of drug-likeness (QED) is 0.600. The number of nitrogens with zero attached hydrogens (tertiary/aromatic N) is 4. The van der Waals surface area contributed by atoms with Gasteiger partial charge in [0.15, 0.2) is 5.65 Å². The Hall–Kier alpha value is -2.68. The Morgan fingerprint density at radius 1 is 1.19 bits per heavy atom. The van der Waals surface area contributed by atoms with E-state index < -0.39 is 6.10 Å². The van der Waals surface area contributed by atoms with Gasteiger partial charge in [-0.3, -0.25) is 0 Å². The van der Waals surface area contributed by atoms with Crippen molar-refractivity contribution < 1.29 is 14.6 Å². The molecule has 1 aromatic carbocycles. The predicted molar refractivity (Wildman–Crippen MR) is 122 cm³/mol. The first kappa shape index (κ1) is 21.5. The van der Waals surface area contributed by atoms with E-state index in [1.165, 1.54) is 0 Å². The molecule has 2 aromatic heterocycles. The minimum absolute atomic E-state index is 0.158. The molecule has 3 heterocycles. The number of benzene rings is 1. The van der Waals surface area contributed by atoms with Crippen LogP contribution in [-0.2, 0) is 4.74 Å². The summed E-state index contributed by atoms with van der Waals surface area (Å²) in [4.78, 5) is 7.33. The summed E-state index contributed by atoms with van der Waals surface area (Å²) in [5.41, 5.74) is 10.4. The summed E-state index contributed by atoms with van der Waals surface area (Å²) >= 11 is 0. The zero-order chi connectivity index (χ0) is 22.0. The van der Waals surface area contributed by atoms with Gasteiger partial charge in [-0.05, 0) is 50.6 Å². The fraction of sp³-hybridized carbons (Fsp3) is 0.478. The van der Waals surface area contributed by atoms with Crippen LogP contribution < -0.4 is 15.4 Å². The highest BCUT2D eigenvalue weighted by Gasteiger charge is 2.20. The minimum Gasteiger partial charge on any atom is -0.491 e. The van der Waals surface area contributed by atoms with E-state index in [1.807, 2.05) is 29.9 Å². The lowest BCUT2D eigenvalue weighted by Crippen LogP contribution is -2.36. The zero-order valence-corrected chi connectivity index (χ0v) is 18.4. The van der Waals surface area contributed by atoms with Crippen LogP contribution in [0, 0.1) is 6.92 Å². The number of aryl methyl sites for hydroxylation is 1. The normalized spacial score (nSPS) is 15.6. The Labute approximate surface area is 182 Å². The third-order valence-corrected chi connectivity index (χ3v) is 5.45. The Kier molecular flexibility index (Phi) is 6.41. The molecule has 4 rings (SSSR count). The standard InChI is InChI=1S/C23H31N5O3/c1-15(2)28-23-20(13-25-28)22(27-4-6-30-7-5-27)11-21(26-23)17-8-16(3)9-19(10-17)31-14-18(29)12-24/h8-11,13,15,18,29H,4-7,12,14,24H2,1-3H3. The number of anilines is 1. The SMILES string of the molecule is Cc1cc(OCC(O)CN)cc(-c2cc(N3CCOCC3)c3cnn(C(C)C)c3n2)c1. The van der Waals surface area contributed by atoms with Crippen LogP contribution in [0.3, 0.4) is 0 Å². The molecule has 3 N–H and O–H groups in total. The fourth-order valence-corrected chi connectivity index (χ4v) is 3.83. The van der Waals surface area contributed by atoms with E-state index in [-0.39, 0.29) is 19.2 Å². The summed E-state index contributed by atoms with van der Waals surface area (Å²) in [5.74, 6) is 0.690. The van der Waals surface area contributed by atoms with Crippen LogP contribution in [0.25, 0.3) is 22.3 Å². The fourth-order valence-electron chi connectivity index (χ4n) is 3.83. The van der Waals surface area contributed by atoms with Crippen LogP contribution >= 0.6 is 0 Å². The van der Waals surface area contributed by atoms with Gasteiger partial charge in [0.25, 0.3) is 0 Å².